The molecule has 37 heavy (non-hydrogen) atoms. The summed E-state index contributed by atoms with van der Waals surface area (Å²) in [5.74, 6) is 0.656. The Bertz CT molecular complexity index is 1330. The Morgan fingerprint density at radius 2 is 1.89 bits per heavy atom. The molecule has 1 aromatic heterocycles. The van der Waals surface area contributed by atoms with Gasteiger partial charge in [-0.2, -0.15) is 0 Å². The molecule has 3 aromatic rings. The summed E-state index contributed by atoms with van der Waals surface area (Å²) in [7, 11) is 0. The van der Waals surface area contributed by atoms with Crippen molar-refractivity contribution < 1.29 is 23.4 Å². The van der Waals surface area contributed by atoms with Gasteiger partial charge in [-0.15, -0.1) is 0 Å². The lowest BCUT2D eigenvalue weighted by molar-refractivity contribution is -0.127. The molecule has 0 bridgehead atoms. The van der Waals surface area contributed by atoms with Crippen LogP contribution in [0.4, 0.5) is 15.9 Å². The number of likely N-dealkylation sites (tertiary alicyclic amines) is 1. The molecule has 2 aromatic carbocycles. The third-order valence-corrected chi connectivity index (χ3v) is 7.17. The number of hydrogen-bond donors (Lipinski definition) is 1. The van der Waals surface area contributed by atoms with Crippen molar-refractivity contribution in [2.45, 2.75) is 31.5 Å². The Hall–Kier alpha value is -3.14. The van der Waals surface area contributed by atoms with Crippen LogP contribution in [0.3, 0.4) is 0 Å². The second kappa shape index (κ2) is 11.1. The molecule has 0 aliphatic carbocycles. The number of hydrogen-bond acceptors (Lipinski definition) is 7. The van der Waals surface area contributed by atoms with Crippen molar-refractivity contribution in [1.29, 1.82) is 0 Å². The average Bonchev–Trinajstić information content (AvgIpc) is 3.43. The largest absolute Gasteiger partial charge is 0.486 e. The molecule has 1 atom stereocenters. The second-order valence-electron chi connectivity index (χ2n) is 8.84. The predicted molar refractivity (Wildman–Crippen MR) is 140 cm³/mol. The van der Waals surface area contributed by atoms with E-state index in [1.165, 1.54) is 24.5 Å². The minimum Gasteiger partial charge on any atom is -0.486 e. The lowest BCUT2D eigenvalue weighted by atomic mass is 10.1. The molecule has 1 amide bonds. The first-order chi connectivity index (χ1) is 17.9. The first-order valence-corrected chi connectivity index (χ1v) is 12.7. The lowest BCUT2D eigenvalue weighted by Gasteiger charge is -2.32. The molecular formula is C26H25Cl2FN4O4. The molecule has 0 spiro atoms. The maximum absolute atomic E-state index is 14.7. The van der Waals surface area contributed by atoms with E-state index in [4.69, 9.17) is 37.4 Å². The number of nitrogens with zero attached hydrogens (tertiary/aromatic N) is 3. The van der Waals surface area contributed by atoms with Gasteiger partial charge in [0, 0.05) is 43.8 Å². The fraction of sp³-hybridized carbons (Fsp3) is 0.346. The summed E-state index contributed by atoms with van der Waals surface area (Å²) in [6.07, 6.45) is 4.58. The van der Waals surface area contributed by atoms with Gasteiger partial charge < -0.3 is 24.4 Å². The number of ether oxygens (including phenoxy) is 3. The van der Waals surface area contributed by atoms with E-state index < -0.39 is 5.82 Å². The van der Waals surface area contributed by atoms with Gasteiger partial charge in [0.05, 0.1) is 34.5 Å². The number of aromatic nitrogens is 2. The van der Waals surface area contributed by atoms with Crippen molar-refractivity contribution >= 4 is 51.5 Å². The van der Waals surface area contributed by atoms with E-state index in [-0.39, 0.29) is 33.8 Å². The number of anilines is 2. The molecule has 1 N–H and O–H groups in total. The molecule has 11 heteroatoms. The zero-order chi connectivity index (χ0) is 25.9. The minimum absolute atomic E-state index is 0.0863. The van der Waals surface area contributed by atoms with Crippen LogP contribution in [0.25, 0.3) is 10.9 Å². The van der Waals surface area contributed by atoms with Crippen LogP contribution in [0.15, 0.2) is 43.2 Å². The molecule has 2 fully saturated rings. The van der Waals surface area contributed by atoms with E-state index >= 15 is 0 Å². The summed E-state index contributed by atoms with van der Waals surface area (Å²) in [5, 5.41) is 3.54. The van der Waals surface area contributed by atoms with E-state index in [2.05, 4.69) is 21.9 Å². The normalized spacial score (nSPS) is 18.1. The molecule has 0 radical (unpaired) electrons. The molecular weight excluding hydrogens is 522 g/mol. The molecule has 3 heterocycles. The quantitative estimate of drug-likeness (QED) is 0.307. The Labute approximate surface area is 223 Å². The zero-order valence-electron chi connectivity index (χ0n) is 19.9. The maximum Gasteiger partial charge on any atom is 0.245 e. The van der Waals surface area contributed by atoms with Crippen LogP contribution in [-0.2, 0) is 9.53 Å². The number of halogens is 3. The van der Waals surface area contributed by atoms with E-state index in [9.17, 15) is 9.18 Å². The van der Waals surface area contributed by atoms with Crippen LogP contribution in [0.1, 0.15) is 19.3 Å². The third kappa shape index (κ3) is 5.58. The fourth-order valence-corrected chi connectivity index (χ4v) is 4.70. The molecule has 0 unspecified atom stereocenters. The number of benzene rings is 2. The van der Waals surface area contributed by atoms with E-state index in [0.29, 0.717) is 67.4 Å². The molecule has 194 valence electrons. The summed E-state index contributed by atoms with van der Waals surface area (Å²) < 4.78 is 32.8. The number of carbonyl (C=O) groups excluding carboxylic acids is 1. The maximum atomic E-state index is 14.7. The smallest absolute Gasteiger partial charge is 0.245 e. The molecule has 2 aliphatic heterocycles. The molecule has 8 nitrogen and oxygen atoms in total. The first kappa shape index (κ1) is 25.5. The van der Waals surface area contributed by atoms with Crippen LogP contribution >= 0.6 is 23.2 Å². The molecule has 2 aliphatic rings. The van der Waals surface area contributed by atoms with Crippen molar-refractivity contribution in [3.63, 3.8) is 0 Å². The minimum atomic E-state index is -0.681. The summed E-state index contributed by atoms with van der Waals surface area (Å²) >= 11 is 11.9. The number of fused-ring (bicyclic) bond motifs is 1. The van der Waals surface area contributed by atoms with Gasteiger partial charge in [0.15, 0.2) is 17.3 Å². The summed E-state index contributed by atoms with van der Waals surface area (Å²) in [5.41, 5.74) is 0.713. The number of piperidine rings is 1. The van der Waals surface area contributed by atoms with Crippen LogP contribution in [0.2, 0.25) is 10.0 Å². The average molecular weight is 547 g/mol. The van der Waals surface area contributed by atoms with Crippen molar-refractivity contribution in [3.05, 3.63) is 59.1 Å². The highest BCUT2D eigenvalue weighted by Gasteiger charge is 2.26. The Morgan fingerprint density at radius 3 is 2.62 bits per heavy atom. The Kier molecular flexibility index (Phi) is 7.64. The second-order valence-corrected chi connectivity index (χ2v) is 9.62. The number of nitrogens with one attached hydrogen (secondary N) is 1. The molecule has 2 saturated heterocycles. The zero-order valence-corrected chi connectivity index (χ0v) is 21.4. The van der Waals surface area contributed by atoms with E-state index in [1.807, 2.05) is 0 Å². The van der Waals surface area contributed by atoms with Crippen molar-refractivity contribution in [2.24, 2.45) is 0 Å². The highest BCUT2D eigenvalue weighted by atomic mass is 35.5. The van der Waals surface area contributed by atoms with Crippen LogP contribution in [0.5, 0.6) is 11.5 Å². The highest BCUT2D eigenvalue weighted by Crippen LogP contribution is 2.38. The lowest BCUT2D eigenvalue weighted by Crippen LogP contribution is -2.41. The molecule has 0 saturated carbocycles. The van der Waals surface area contributed by atoms with Crippen LogP contribution in [0, 0.1) is 5.82 Å². The van der Waals surface area contributed by atoms with E-state index in [1.54, 1.807) is 17.0 Å². The monoisotopic (exact) mass is 546 g/mol. The van der Waals surface area contributed by atoms with Gasteiger partial charge >= 0.3 is 0 Å². The van der Waals surface area contributed by atoms with Gasteiger partial charge in [0.1, 0.15) is 24.4 Å². The third-order valence-electron chi connectivity index (χ3n) is 6.39. The van der Waals surface area contributed by atoms with Crippen molar-refractivity contribution in [1.82, 2.24) is 14.9 Å². The standard InChI is InChI=1S/C26H25Cl2FN4O4/c1-2-23(34)33-8-5-15(6-9-33)36-21-11-17-20(12-22(21)37-16-7-10-35-13-16)30-14-31-26(17)32-19-4-3-18(27)24(28)25(19)29/h2-4,11-12,14-16H,1,5-10,13H2,(H,30,31,32)/t16-/m1/s1. The van der Waals surface area contributed by atoms with Gasteiger partial charge in [-0.3, -0.25) is 4.79 Å². The van der Waals surface area contributed by atoms with Gasteiger partial charge in [-0.1, -0.05) is 29.8 Å². The fourth-order valence-electron chi connectivity index (χ4n) is 4.39. The van der Waals surface area contributed by atoms with Crippen LogP contribution in [-0.4, -0.2) is 59.3 Å². The van der Waals surface area contributed by atoms with Crippen molar-refractivity contribution in [2.75, 3.05) is 31.6 Å². The van der Waals surface area contributed by atoms with Gasteiger partial charge in [-0.05, 0) is 24.3 Å². The topological polar surface area (TPSA) is 85.8 Å². The SMILES string of the molecule is C=CC(=O)N1CCC(Oc2cc3c(Nc4ccc(Cl)c(Cl)c4F)ncnc3cc2O[C@@H]2CCOC2)CC1. The van der Waals surface area contributed by atoms with Gasteiger partial charge in [0.2, 0.25) is 5.91 Å². The molecule has 5 rings (SSSR count). The number of rotatable bonds is 7. The van der Waals surface area contributed by atoms with Gasteiger partial charge in [-0.25, -0.2) is 14.4 Å². The van der Waals surface area contributed by atoms with Crippen molar-refractivity contribution in [3.8, 4) is 11.5 Å². The summed E-state index contributed by atoms with van der Waals surface area (Å²) in [4.78, 5) is 22.4. The predicted octanol–water partition coefficient (Wildman–Crippen LogP) is 5.54. The van der Waals surface area contributed by atoms with Gasteiger partial charge in [0.25, 0.3) is 0 Å². The van der Waals surface area contributed by atoms with Crippen LogP contribution < -0.4 is 14.8 Å². The Balaban J connectivity index is 1.46. The Morgan fingerprint density at radius 1 is 1.14 bits per heavy atom. The summed E-state index contributed by atoms with van der Waals surface area (Å²) in [6.45, 7) is 5.83. The highest BCUT2D eigenvalue weighted by molar-refractivity contribution is 6.42. The summed E-state index contributed by atoms with van der Waals surface area (Å²) in [6, 6.07) is 6.58. The number of amides is 1. The number of carbonyl (C=O) groups is 1. The first-order valence-electron chi connectivity index (χ1n) is 11.9. The van der Waals surface area contributed by atoms with E-state index in [0.717, 1.165) is 6.42 Å².